The number of para-hydroxylation sites is 2. The maximum atomic E-state index is 14.2. The van der Waals surface area contributed by atoms with Crippen molar-refractivity contribution in [2.75, 3.05) is 30.9 Å². The highest BCUT2D eigenvalue weighted by atomic mass is 19.1. The van der Waals surface area contributed by atoms with E-state index in [1.165, 1.54) is 62.6 Å². The lowest BCUT2D eigenvalue weighted by Gasteiger charge is -2.40. The fraction of sp³-hybridized carbons (Fsp3) is 0.373. The van der Waals surface area contributed by atoms with Crippen molar-refractivity contribution in [3.63, 3.8) is 0 Å². The van der Waals surface area contributed by atoms with E-state index in [4.69, 9.17) is 0 Å². The third kappa shape index (κ3) is 7.28. The minimum absolute atomic E-state index is 0.118. The normalized spacial score (nSPS) is 17.7. The van der Waals surface area contributed by atoms with Crippen LogP contribution in [-0.4, -0.2) is 36.0 Å². The smallest absolute Gasteiger partial charge is 0.131 e. The van der Waals surface area contributed by atoms with E-state index < -0.39 is 0 Å². The van der Waals surface area contributed by atoms with Crippen LogP contribution in [0.3, 0.4) is 0 Å². The molecule has 0 bridgehead atoms. The lowest BCUT2D eigenvalue weighted by molar-refractivity contribution is 0.324. The largest absolute Gasteiger partial charge is 0.370 e. The van der Waals surface area contributed by atoms with Crippen LogP contribution in [0.4, 0.5) is 15.8 Å². The van der Waals surface area contributed by atoms with E-state index in [1.54, 1.807) is 17.7 Å². The summed E-state index contributed by atoms with van der Waals surface area (Å²) >= 11 is 0. The van der Waals surface area contributed by atoms with Crippen LogP contribution in [0.15, 0.2) is 109 Å². The van der Waals surface area contributed by atoms with Gasteiger partial charge in [0.15, 0.2) is 0 Å². The Morgan fingerprint density at radius 3 is 1.86 bits per heavy atom. The number of anilines is 2. The quantitative estimate of drug-likeness (QED) is 0.183. The minimum Gasteiger partial charge on any atom is -0.370 e. The third-order valence-electron chi connectivity index (χ3n) is 12.5. The second-order valence-corrected chi connectivity index (χ2v) is 17.1. The fourth-order valence-corrected chi connectivity index (χ4v) is 9.32. The Bertz CT molecular complexity index is 2330. The van der Waals surface area contributed by atoms with Crippen LogP contribution in [0.25, 0.3) is 28.0 Å². The van der Waals surface area contributed by atoms with E-state index in [0.717, 1.165) is 35.3 Å². The molecule has 3 aliphatic heterocycles. The van der Waals surface area contributed by atoms with Gasteiger partial charge in [0.25, 0.3) is 0 Å². The molecule has 3 aromatic carbocycles. The number of hydrogen-bond donors (Lipinski definition) is 0. The molecule has 2 aromatic heterocycles. The Labute approximate surface area is 341 Å². The second-order valence-electron chi connectivity index (χ2n) is 17.1. The maximum absolute atomic E-state index is 14.2. The van der Waals surface area contributed by atoms with Crippen LogP contribution >= 0.6 is 0 Å². The Hall–Kier alpha value is -5.23. The molecule has 1 aliphatic carbocycles. The number of halogens is 1. The molecule has 9 rings (SSSR count). The van der Waals surface area contributed by atoms with Crippen molar-refractivity contribution in [2.45, 2.75) is 98.7 Å². The van der Waals surface area contributed by atoms with Crippen molar-refractivity contribution in [1.29, 1.82) is 0 Å². The zero-order valence-corrected chi connectivity index (χ0v) is 35.9. The predicted molar refractivity (Wildman–Crippen MR) is 238 cm³/mol. The molecule has 0 amide bonds. The second kappa shape index (κ2) is 16.3. The first-order chi connectivity index (χ1) is 27.3. The van der Waals surface area contributed by atoms with Crippen molar-refractivity contribution in [3.8, 4) is 22.4 Å². The number of allylic oxidation sites excluding steroid dienone is 3. The number of pyridine rings is 2. The summed E-state index contributed by atoms with van der Waals surface area (Å²) in [5.41, 5.74) is 18.7. The molecule has 0 N–H and O–H groups in total. The van der Waals surface area contributed by atoms with Gasteiger partial charge in [-0.3, -0.25) is 9.97 Å². The Balaban J connectivity index is 0.000000131. The van der Waals surface area contributed by atoms with E-state index in [0.29, 0.717) is 29.8 Å². The average Bonchev–Trinajstić information content (AvgIpc) is 3.21. The van der Waals surface area contributed by atoms with Crippen LogP contribution in [0, 0.1) is 11.7 Å². The molecule has 0 spiro atoms. The summed E-state index contributed by atoms with van der Waals surface area (Å²) in [5.74, 6) is 1.45. The molecule has 1 unspecified atom stereocenters. The molecule has 57 heavy (non-hydrogen) atoms. The first-order valence-corrected chi connectivity index (χ1v) is 20.9. The van der Waals surface area contributed by atoms with Crippen molar-refractivity contribution in [2.24, 2.45) is 5.92 Å². The number of hydrogen-bond acceptors (Lipinski definition) is 5. The van der Waals surface area contributed by atoms with Gasteiger partial charge in [-0.2, -0.15) is 0 Å². The third-order valence-corrected chi connectivity index (χ3v) is 12.5. The van der Waals surface area contributed by atoms with E-state index >= 15 is 0 Å². The summed E-state index contributed by atoms with van der Waals surface area (Å²) in [4.78, 5) is 16.3. The van der Waals surface area contributed by atoms with Crippen LogP contribution in [-0.2, 0) is 6.54 Å². The summed E-state index contributed by atoms with van der Waals surface area (Å²) < 4.78 is 14.2. The molecule has 0 radical (unpaired) electrons. The molecule has 5 nitrogen and oxygen atoms in total. The summed E-state index contributed by atoms with van der Waals surface area (Å²) in [6.07, 6.45) is 8.51. The van der Waals surface area contributed by atoms with Crippen LogP contribution in [0.2, 0.25) is 0 Å². The SMILES string of the molecule is CC(C)C1=C2C(=CCC1)c1ncccc1[C@H](C)N2C.CC(C)c1cccc2c1N(C)C(C)c1cccnc1-2.CC(C)c1cccc2c1N(C)Cc1cccc(F)c1-2. The molecule has 5 aromatic rings. The number of rotatable bonds is 3. The van der Waals surface area contributed by atoms with E-state index in [-0.39, 0.29) is 5.82 Å². The van der Waals surface area contributed by atoms with Gasteiger partial charge in [-0.15, -0.1) is 0 Å². The van der Waals surface area contributed by atoms with Gasteiger partial charge in [-0.05, 0) is 84.9 Å². The van der Waals surface area contributed by atoms with E-state index in [9.17, 15) is 4.39 Å². The van der Waals surface area contributed by atoms with Crippen molar-refractivity contribution in [3.05, 3.63) is 148 Å². The molecule has 0 saturated heterocycles. The van der Waals surface area contributed by atoms with Crippen LogP contribution < -0.4 is 9.80 Å². The Kier molecular flexibility index (Phi) is 11.5. The summed E-state index contributed by atoms with van der Waals surface area (Å²) in [6.45, 7) is 18.8. The average molecular weight is 762 g/mol. The van der Waals surface area contributed by atoms with Gasteiger partial charge in [0, 0.05) is 90.5 Å². The molecular weight excluding hydrogens is 702 g/mol. The predicted octanol–water partition coefficient (Wildman–Crippen LogP) is 13.1. The molecule has 0 saturated carbocycles. The van der Waals surface area contributed by atoms with Crippen molar-refractivity contribution < 1.29 is 4.39 Å². The maximum Gasteiger partial charge on any atom is 0.131 e. The number of nitrogens with zero attached hydrogens (tertiary/aromatic N) is 5. The number of benzene rings is 3. The minimum atomic E-state index is -0.118. The number of likely N-dealkylation sites (N-methyl/N-ethyl adjacent to an activating group) is 1. The van der Waals surface area contributed by atoms with Crippen molar-refractivity contribution in [1.82, 2.24) is 14.9 Å². The first kappa shape index (κ1) is 40.0. The number of aromatic nitrogens is 2. The highest BCUT2D eigenvalue weighted by molar-refractivity contribution is 5.87. The summed E-state index contributed by atoms with van der Waals surface area (Å²) in [7, 11) is 6.49. The van der Waals surface area contributed by atoms with Crippen molar-refractivity contribution >= 4 is 16.9 Å². The summed E-state index contributed by atoms with van der Waals surface area (Å²) in [5, 5.41) is 0. The van der Waals surface area contributed by atoms with E-state index in [2.05, 4.69) is 144 Å². The molecule has 0 fully saturated rings. The first-order valence-electron chi connectivity index (χ1n) is 20.9. The molecule has 6 heteroatoms. The molecular formula is C51H60FN5. The molecule has 296 valence electrons. The lowest BCUT2D eigenvalue weighted by atomic mass is 9.82. The Morgan fingerprint density at radius 1 is 0.632 bits per heavy atom. The molecule has 4 aliphatic rings. The highest BCUT2D eigenvalue weighted by Gasteiger charge is 2.33. The highest BCUT2D eigenvalue weighted by Crippen LogP contribution is 2.48. The van der Waals surface area contributed by atoms with Gasteiger partial charge in [-0.1, -0.05) is 108 Å². The molecule has 5 heterocycles. The van der Waals surface area contributed by atoms with Gasteiger partial charge >= 0.3 is 0 Å². The fourth-order valence-electron chi connectivity index (χ4n) is 9.32. The van der Waals surface area contributed by atoms with Crippen LogP contribution in [0.5, 0.6) is 0 Å². The van der Waals surface area contributed by atoms with Gasteiger partial charge < -0.3 is 14.7 Å². The van der Waals surface area contributed by atoms with Gasteiger partial charge in [0.05, 0.1) is 23.5 Å². The van der Waals surface area contributed by atoms with Gasteiger partial charge in [0.1, 0.15) is 5.82 Å². The zero-order chi connectivity index (χ0) is 40.7. The van der Waals surface area contributed by atoms with Crippen LogP contribution in [0.1, 0.15) is 126 Å². The number of fused-ring (bicyclic) bond motifs is 9. The lowest BCUT2D eigenvalue weighted by Crippen LogP contribution is -2.31. The Morgan fingerprint density at radius 2 is 1.21 bits per heavy atom. The molecule has 2 atom stereocenters. The summed E-state index contributed by atoms with van der Waals surface area (Å²) in [6, 6.07) is 27.4. The van der Waals surface area contributed by atoms with Gasteiger partial charge in [0.2, 0.25) is 0 Å². The standard InChI is InChI=1S/C17H18FN.C17H22N2.C17H20N2/c1-11(2)13-7-5-8-14-16-12(6-4-9-15(16)18)10-19(3)17(13)14;2*1-11(2)13-7-5-8-15-16-14(9-6-10-18-16)12(3)19(4)17(13)15/h4-9,11H,10H2,1-3H3;6,8-12H,5,7H2,1-4H3;5-12H,1-4H3/t;12-;/m.0./s1. The zero-order valence-electron chi connectivity index (χ0n) is 35.9. The van der Waals surface area contributed by atoms with Gasteiger partial charge in [-0.25, -0.2) is 4.39 Å². The monoisotopic (exact) mass is 761 g/mol. The van der Waals surface area contributed by atoms with E-state index in [1.807, 2.05) is 42.7 Å². The topological polar surface area (TPSA) is 35.5 Å².